The quantitative estimate of drug-likeness (QED) is 0.237. The number of hydrogen-bond donors (Lipinski definition) is 0. The largest absolute Gasteiger partial charge is 0.444 e. The fraction of sp³-hybridized carbons (Fsp3) is 0.250. The lowest BCUT2D eigenvalue weighted by Crippen LogP contribution is -2.24. The van der Waals surface area contributed by atoms with E-state index >= 15 is 0 Å². The first kappa shape index (κ1) is 21.4. The van der Waals surface area contributed by atoms with Gasteiger partial charge in [-0.25, -0.2) is 4.98 Å². The van der Waals surface area contributed by atoms with Crippen molar-refractivity contribution in [1.82, 2.24) is 24.1 Å². The fourth-order valence-electron chi connectivity index (χ4n) is 3.72. The molecule has 0 radical (unpaired) electrons. The lowest BCUT2D eigenvalue weighted by atomic mass is 10.2. The zero-order valence-corrected chi connectivity index (χ0v) is 19.0. The fourth-order valence-corrected chi connectivity index (χ4v) is 4.54. The van der Waals surface area contributed by atoms with Crippen LogP contribution in [0, 0.1) is 0 Å². The minimum atomic E-state index is -0.0671. The van der Waals surface area contributed by atoms with Crippen molar-refractivity contribution in [3.63, 3.8) is 0 Å². The number of hydrogen-bond acceptors (Lipinski definition) is 7. The summed E-state index contributed by atoms with van der Waals surface area (Å²) in [6, 6.07) is 17.3. The molecule has 0 saturated carbocycles. The first-order chi connectivity index (χ1) is 16.3. The Balaban J connectivity index is 1.46. The SMILES string of the molecule is CCOCCCn1c(=O)c2ccccc2n2c(SCc3coc(-c4ccccc4)n3)nnc12. The Labute approximate surface area is 194 Å². The van der Waals surface area contributed by atoms with Crippen LogP contribution in [0.5, 0.6) is 0 Å². The molecule has 5 aromatic rings. The number of nitrogens with zero attached hydrogens (tertiary/aromatic N) is 5. The summed E-state index contributed by atoms with van der Waals surface area (Å²) in [4.78, 5) is 17.7. The van der Waals surface area contributed by atoms with Gasteiger partial charge in [-0.1, -0.05) is 42.1 Å². The Bertz CT molecular complexity index is 1440. The molecule has 8 nitrogen and oxygen atoms in total. The number of fused-ring (bicyclic) bond motifs is 3. The van der Waals surface area contributed by atoms with Crippen LogP contribution in [-0.2, 0) is 17.0 Å². The summed E-state index contributed by atoms with van der Waals surface area (Å²) < 4.78 is 14.7. The molecule has 0 atom stereocenters. The number of thioether (sulfide) groups is 1. The van der Waals surface area contributed by atoms with Gasteiger partial charge in [0.05, 0.1) is 16.6 Å². The topological polar surface area (TPSA) is 87.5 Å². The van der Waals surface area contributed by atoms with Crippen LogP contribution < -0.4 is 5.56 Å². The molecule has 3 aromatic heterocycles. The number of rotatable bonds is 9. The van der Waals surface area contributed by atoms with Crippen molar-refractivity contribution in [2.24, 2.45) is 0 Å². The van der Waals surface area contributed by atoms with Crippen LogP contribution in [0.15, 0.2) is 75.2 Å². The van der Waals surface area contributed by atoms with Crippen LogP contribution >= 0.6 is 11.8 Å². The van der Waals surface area contributed by atoms with Crippen molar-refractivity contribution < 1.29 is 9.15 Å². The van der Waals surface area contributed by atoms with E-state index in [0.29, 0.717) is 47.7 Å². The Hall–Kier alpha value is -3.43. The Morgan fingerprint density at radius 3 is 2.73 bits per heavy atom. The van der Waals surface area contributed by atoms with Crippen LogP contribution in [0.4, 0.5) is 0 Å². The first-order valence-electron chi connectivity index (χ1n) is 10.8. The summed E-state index contributed by atoms with van der Waals surface area (Å²) in [6.07, 6.45) is 2.39. The van der Waals surface area contributed by atoms with Crippen molar-refractivity contribution in [2.75, 3.05) is 13.2 Å². The number of aryl methyl sites for hydroxylation is 1. The van der Waals surface area contributed by atoms with E-state index in [-0.39, 0.29) is 5.56 Å². The molecule has 0 aliphatic carbocycles. The van der Waals surface area contributed by atoms with Gasteiger partial charge < -0.3 is 9.15 Å². The molecule has 0 fully saturated rings. The van der Waals surface area contributed by atoms with E-state index < -0.39 is 0 Å². The summed E-state index contributed by atoms with van der Waals surface area (Å²) in [5, 5.41) is 10.1. The predicted octanol–water partition coefficient (Wildman–Crippen LogP) is 4.42. The van der Waals surface area contributed by atoms with E-state index in [1.807, 2.05) is 65.9 Å². The molecule has 0 amide bonds. The summed E-state index contributed by atoms with van der Waals surface area (Å²) in [7, 11) is 0. The second kappa shape index (κ2) is 9.60. The molecule has 3 heterocycles. The van der Waals surface area contributed by atoms with Gasteiger partial charge in [0.1, 0.15) is 6.26 Å². The minimum Gasteiger partial charge on any atom is -0.444 e. The number of oxazole rings is 1. The van der Waals surface area contributed by atoms with Gasteiger partial charge in [0.2, 0.25) is 11.7 Å². The molecule has 0 aliphatic rings. The normalized spacial score (nSPS) is 11.5. The maximum absolute atomic E-state index is 13.1. The molecule has 9 heteroatoms. The molecule has 0 unspecified atom stereocenters. The third-order valence-corrected chi connectivity index (χ3v) is 6.24. The first-order valence-corrected chi connectivity index (χ1v) is 11.8. The zero-order chi connectivity index (χ0) is 22.6. The molecule has 0 spiro atoms. The molecule has 0 N–H and O–H groups in total. The van der Waals surface area contributed by atoms with Crippen LogP contribution in [0.1, 0.15) is 19.0 Å². The van der Waals surface area contributed by atoms with E-state index in [4.69, 9.17) is 9.15 Å². The maximum atomic E-state index is 13.1. The summed E-state index contributed by atoms with van der Waals surface area (Å²) in [6.45, 7) is 3.72. The molecule has 0 saturated heterocycles. The Morgan fingerprint density at radius 2 is 1.88 bits per heavy atom. The van der Waals surface area contributed by atoms with Crippen molar-refractivity contribution >= 4 is 28.4 Å². The van der Waals surface area contributed by atoms with Crippen molar-refractivity contribution in [2.45, 2.75) is 30.8 Å². The van der Waals surface area contributed by atoms with Crippen molar-refractivity contribution in [3.05, 3.63) is 76.9 Å². The highest BCUT2D eigenvalue weighted by Crippen LogP contribution is 2.26. The Morgan fingerprint density at radius 1 is 1.06 bits per heavy atom. The second-order valence-corrected chi connectivity index (χ2v) is 8.38. The smallest absolute Gasteiger partial charge is 0.262 e. The maximum Gasteiger partial charge on any atom is 0.262 e. The average Bonchev–Trinajstić information content (AvgIpc) is 3.50. The van der Waals surface area contributed by atoms with Crippen LogP contribution in [-0.4, -0.2) is 37.4 Å². The van der Waals surface area contributed by atoms with E-state index in [9.17, 15) is 4.79 Å². The van der Waals surface area contributed by atoms with Gasteiger partial charge in [-0.15, -0.1) is 10.2 Å². The van der Waals surface area contributed by atoms with Gasteiger partial charge in [-0.2, -0.15) is 0 Å². The van der Waals surface area contributed by atoms with Gasteiger partial charge >= 0.3 is 0 Å². The van der Waals surface area contributed by atoms with Gasteiger partial charge in [0.25, 0.3) is 5.56 Å². The molecular formula is C24H23N5O3S. The monoisotopic (exact) mass is 461 g/mol. The lowest BCUT2D eigenvalue weighted by molar-refractivity contribution is 0.141. The summed E-state index contributed by atoms with van der Waals surface area (Å²) in [5.41, 5.74) is 2.47. The van der Waals surface area contributed by atoms with E-state index in [2.05, 4.69) is 15.2 Å². The van der Waals surface area contributed by atoms with Crippen LogP contribution in [0.3, 0.4) is 0 Å². The van der Waals surface area contributed by atoms with E-state index in [0.717, 1.165) is 23.2 Å². The molecular weight excluding hydrogens is 438 g/mol. The highest BCUT2D eigenvalue weighted by Gasteiger charge is 2.17. The average molecular weight is 462 g/mol. The number of aromatic nitrogens is 5. The van der Waals surface area contributed by atoms with Gasteiger partial charge in [0, 0.05) is 31.1 Å². The van der Waals surface area contributed by atoms with Crippen molar-refractivity contribution in [3.8, 4) is 11.5 Å². The van der Waals surface area contributed by atoms with Crippen molar-refractivity contribution in [1.29, 1.82) is 0 Å². The van der Waals surface area contributed by atoms with Crippen LogP contribution in [0.2, 0.25) is 0 Å². The highest BCUT2D eigenvalue weighted by atomic mass is 32.2. The zero-order valence-electron chi connectivity index (χ0n) is 18.2. The second-order valence-electron chi connectivity index (χ2n) is 7.44. The Kier molecular flexibility index (Phi) is 6.23. The van der Waals surface area contributed by atoms with Crippen LogP contribution in [0.25, 0.3) is 28.1 Å². The van der Waals surface area contributed by atoms with Gasteiger partial charge in [0.15, 0.2) is 5.16 Å². The molecule has 33 heavy (non-hydrogen) atoms. The molecule has 168 valence electrons. The molecule has 5 rings (SSSR count). The van der Waals surface area contributed by atoms with E-state index in [1.54, 1.807) is 10.8 Å². The highest BCUT2D eigenvalue weighted by molar-refractivity contribution is 7.98. The number of ether oxygens (including phenoxy) is 1. The third kappa shape index (κ3) is 4.29. The summed E-state index contributed by atoms with van der Waals surface area (Å²) in [5.74, 6) is 1.68. The minimum absolute atomic E-state index is 0.0671. The number of benzene rings is 2. The number of para-hydroxylation sites is 1. The molecule has 0 bridgehead atoms. The molecule has 2 aromatic carbocycles. The molecule has 0 aliphatic heterocycles. The van der Waals surface area contributed by atoms with E-state index in [1.165, 1.54) is 11.8 Å². The van der Waals surface area contributed by atoms with Gasteiger partial charge in [-0.05, 0) is 37.6 Å². The predicted molar refractivity (Wildman–Crippen MR) is 127 cm³/mol. The third-order valence-electron chi connectivity index (χ3n) is 5.27. The lowest BCUT2D eigenvalue weighted by Gasteiger charge is -2.11. The van der Waals surface area contributed by atoms with Gasteiger partial charge in [-0.3, -0.25) is 13.8 Å². The standard InChI is InChI=1S/C24H23N5O3S/c1-2-31-14-8-13-28-22(30)19-11-6-7-12-20(19)29-23(28)26-27-24(29)33-16-18-15-32-21(25-18)17-9-4-3-5-10-17/h3-7,9-12,15H,2,8,13-14,16H2,1H3. The summed E-state index contributed by atoms with van der Waals surface area (Å²) >= 11 is 1.51.